The largest absolute Gasteiger partial charge is 0.447 e. The number of nitrogens with one attached hydrogen (secondary N) is 1. The number of rotatable bonds is 4. The van der Waals surface area contributed by atoms with Crippen LogP contribution < -0.4 is 5.32 Å². The molecule has 1 atom stereocenters. The van der Waals surface area contributed by atoms with Gasteiger partial charge in [-0.3, -0.25) is 14.9 Å². The van der Waals surface area contributed by atoms with Gasteiger partial charge in [-0.05, 0) is 6.07 Å². The average Bonchev–Trinajstić information content (AvgIpc) is 2.46. The zero-order valence-electron chi connectivity index (χ0n) is 10.8. The van der Waals surface area contributed by atoms with E-state index in [1.54, 1.807) is 30.3 Å². The SMILES string of the molecule is CC(=O)OC(C(=O)Nc1ncccn1)c1ccccc1. The maximum Gasteiger partial charge on any atom is 0.303 e. The molecule has 0 aliphatic carbocycles. The fourth-order valence-electron chi connectivity index (χ4n) is 1.61. The first-order chi connectivity index (χ1) is 9.66. The van der Waals surface area contributed by atoms with Gasteiger partial charge in [-0.2, -0.15) is 0 Å². The number of nitrogens with zero attached hydrogens (tertiary/aromatic N) is 2. The summed E-state index contributed by atoms with van der Waals surface area (Å²) in [5.41, 5.74) is 0.580. The lowest BCUT2D eigenvalue weighted by molar-refractivity contribution is -0.152. The van der Waals surface area contributed by atoms with Crippen LogP contribution in [-0.4, -0.2) is 21.8 Å². The first-order valence-electron chi connectivity index (χ1n) is 5.97. The van der Waals surface area contributed by atoms with Gasteiger partial charge in [0.2, 0.25) is 12.1 Å². The minimum Gasteiger partial charge on any atom is -0.447 e. The van der Waals surface area contributed by atoms with Crippen molar-refractivity contribution < 1.29 is 14.3 Å². The Balaban J connectivity index is 2.18. The molecule has 0 saturated heterocycles. The van der Waals surface area contributed by atoms with E-state index in [9.17, 15) is 9.59 Å². The molecule has 0 bridgehead atoms. The van der Waals surface area contributed by atoms with Gasteiger partial charge >= 0.3 is 5.97 Å². The molecule has 1 N–H and O–H groups in total. The molecule has 6 heteroatoms. The predicted octanol–water partition coefficient (Wildman–Crippen LogP) is 1.72. The van der Waals surface area contributed by atoms with E-state index in [2.05, 4.69) is 15.3 Å². The molecule has 0 fully saturated rings. The van der Waals surface area contributed by atoms with Gasteiger partial charge < -0.3 is 4.74 Å². The molecule has 2 aromatic rings. The van der Waals surface area contributed by atoms with Crippen LogP contribution in [0.3, 0.4) is 0 Å². The summed E-state index contributed by atoms with van der Waals surface area (Å²) in [5.74, 6) is -0.883. The highest BCUT2D eigenvalue weighted by Gasteiger charge is 2.24. The molecular weight excluding hydrogens is 258 g/mol. The van der Waals surface area contributed by atoms with Crippen molar-refractivity contribution in [3.63, 3.8) is 0 Å². The van der Waals surface area contributed by atoms with Crippen molar-refractivity contribution >= 4 is 17.8 Å². The van der Waals surface area contributed by atoms with Crippen LogP contribution in [-0.2, 0) is 14.3 Å². The van der Waals surface area contributed by atoms with E-state index in [1.165, 1.54) is 19.3 Å². The predicted molar refractivity (Wildman–Crippen MR) is 71.6 cm³/mol. The number of amides is 1. The van der Waals surface area contributed by atoms with E-state index >= 15 is 0 Å². The van der Waals surface area contributed by atoms with Crippen LogP contribution >= 0.6 is 0 Å². The van der Waals surface area contributed by atoms with Crippen LogP contribution in [0.15, 0.2) is 48.8 Å². The number of anilines is 1. The number of carbonyl (C=O) groups excluding carboxylic acids is 2. The van der Waals surface area contributed by atoms with Gasteiger partial charge in [-0.15, -0.1) is 0 Å². The lowest BCUT2D eigenvalue weighted by atomic mass is 10.1. The molecule has 0 spiro atoms. The summed E-state index contributed by atoms with van der Waals surface area (Å²) in [6.07, 6.45) is 1.98. The molecule has 1 amide bonds. The quantitative estimate of drug-likeness (QED) is 0.856. The number of carbonyl (C=O) groups is 2. The van der Waals surface area contributed by atoms with Gasteiger partial charge in [0, 0.05) is 24.9 Å². The standard InChI is InChI=1S/C14H13N3O3/c1-10(18)20-12(11-6-3-2-4-7-11)13(19)17-14-15-8-5-9-16-14/h2-9,12H,1H3,(H,15,16,17,19). The monoisotopic (exact) mass is 271 g/mol. The summed E-state index contributed by atoms with van der Waals surface area (Å²) in [7, 11) is 0. The maximum atomic E-state index is 12.2. The van der Waals surface area contributed by atoms with Gasteiger partial charge in [0.05, 0.1) is 0 Å². The first-order valence-corrected chi connectivity index (χ1v) is 5.97. The molecule has 2 rings (SSSR count). The average molecular weight is 271 g/mol. The molecule has 6 nitrogen and oxygen atoms in total. The molecule has 20 heavy (non-hydrogen) atoms. The molecule has 102 valence electrons. The maximum absolute atomic E-state index is 12.2. The summed E-state index contributed by atoms with van der Waals surface area (Å²) < 4.78 is 5.06. The van der Waals surface area contributed by atoms with Crippen molar-refractivity contribution in [1.29, 1.82) is 0 Å². The van der Waals surface area contributed by atoms with E-state index in [4.69, 9.17) is 4.74 Å². The molecule has 0 radical (unpaired) electrons. The third-order valence-corrected chi connectivity index (χ3v) is 2.43. The zero-order valence-corrected chi connectivity index (χ0v) is 10.8. The Morgan fingerprint density at radius 3 is 2.35 bits per heavy atom. The van der Waals surface area contributed by atoms with Gasteiger partial charge in [0.25, 0.3) is 5.91 Å². The topological polar surface area (TPSA) is 81.2 Å². The molecule has 1 unspecified atom stereocenters. The smallest absolute Gasteiger partial charge is 0.303 e. The molecular formula is C14H13N3O3. The summed E-state index contributed by atoms with van der Waals surface area (Å²) in [4.78, 5) is 31.1. The molecule has 1 aromatic carbocycles. The van der Waals surface area contributed by atoms with E-state index in [-0.39, 0.29) is 5.95 Å². The minimum absolute atomic E-state index is 0.158. The second-order valence-electron chi connectivity index (χ2n) is 3.96. The summed E-state index contributed by atoms with van der Waals surface area (Å²) in [6.45, 7) is 1.25. The van der Waals surface area contributed by atoms with E-state index < -0.39 is 18.0 Å². The van der Waals surface area contributed by atoms with Crippen LogP contribution in [0.2, 0.25) is 0 Å². The van der Waals surface area contributed by atoms with Crippen LogP contribution in [0.25, 0.3) is 0 Å². The van der Waals surface area contributed by atoms with Crippen LogP contribution in [0.1, 0.15) is 18.6 Å². The summed E-state index contributed by atoms with van der Waals surface area (Å²) in [6, 6.07) is 10.4. The van der Waals surface area contributed by atoms with Crippen molar-refractivity contribution in [2.24, 2.45) is 0 Å². The number of esters is 1. The van der Waals surface area contributed by atoms with Gasteiger partial charge in [-0.25, -0.2) is 9.97 Å². The number of hydrogen-bond donors (Lipinski definition) is 1. The van der Waals surface area contributed by atoms with Crippen molar-refractivity contribution in [2.45, 2.75) is 13.0 Å². The van der Waals surface area contributed by atoms with E-state index in [0.717, 1.165) is 0 Å². The van der Waals surface area contributed by atoms with Crippen LogP contribution in [0.4, 0.5) is 5.95 Å². The third kappa shape index (κ3) is 3.61. The second kappa shape index (κ2) is 6.42. The van der Waals surface area contributed by atoms with Crippen molar-refractivity contribution in [2.75, 3.05) is 5.32 Å². The third-order valence-electron chi connectivity index (χ3n) is 2.43. The Morgan fingerprint density at radius 1 is 1.10 bits per heavy atom. The molecule has 0 saturated carbocycles. The molecule has 1 aromatic heterocycles. The summed E-state index contributed by atoms with van der Waals surface area (Å²) in [5, 5.41) is 2.51. The molecule has 0 aliphatic heterocycles. The van der Waals surface area contributed by atoms with E-state index in [1.807, 2.05) is 6.07 Å². The Bertz CT molecular complexity index is 587. The van der Waals surface area contributed by atoms with Crippen LogP contribution in [0.5, 0.6) is 0 Å². The second-order valence-corrected chi connectivity index (χ2v) is 3.96. The Hall–Kier alpha value is -2.76. The Morgan fingerprint density at radius 2 is 1.75 bits per heavy atom. The van der Waals surface area contributed by atoms with Gasteiger partial charge in [-0.1, -0.05) is 30.3 Å². The lowest BCUT2D eigenvalue weighted by Crippen LogP contribution is -2.25. The Kier molecular flexibility index (Phi) is 4.39. The van der Waals surface area contributed by atoms with Crippen molar-refractivity contribution in [3.05, 3.63) is 54.4 Å². The fraction of sp³-hybridized carbons (Fsp3) is 0.143. The highest BCUT2D eigenvalue weighted by Crippen LogP contribution is 2.19. The first kappa shape index (κ1) is 13.7. The zero-order chi connectivity index (χ0) is 14.4. The van der Waals surface area contributed by atoms with Crippen LogP contribution in [0, 0.1) is 0 Å². The van der Waals surface area contributed by atoms with E-state index in [0.29, 0.717) is 5.56 Å². The van der Waals surface area contributed by atoms with Gasteiger partial charge in [0.15, 0.2) is 0 Å². The molecule has 0 aliphatic rings. The Labute approximate surface area is 115 Å². The summed E-state index contributed by atoms with van der Waals surface area (Å²) >= 11 is 0. The van der Waals surface area contributed by atoms with Crippen molar-refractivity contribution in [3.8, 4) is 0 Å². The number of aromatic nitrogens is 2. The highest BCUT2D eigenvalue weighted by atomic mass is 16.5. The van der Waals surface area contributed by atoms with Gasteiger partial charge in [0.1, 0.15) is 0 Å². The van der Waals surface area contributed by atoms with Crippen molar-refractivity contribution in [1.82, 2.24) is 9.97 Å². The highest BCUT2D eigenvalue weighted by molar-refractivity contribution is 5.94. The minimum atomic E-state index is -1.03. The fourth-order valence-corrected chi connectivity index (χ4v) is 1.61. The molecule has 1 heterocycles. The lowest BCUT2D eigenvalue weighted by Gasteiger charge is -2.16. The number of benzene rings is 1. The normalized spacial score (nSPS) is 11.4. The number of ether oxygens (including phenoxy) is 1. The number of hydrogen-bond acceptors (Lipinski definition) is 5.